The van der Waals surface area contributed by atoms with Crippen LogP contribution in [0.5, 0.6) is 0 Å². The van der Waals surface area contributed by atoms with E-state index in [9.17, 15) is 8.42 Å². The van der Waals surface area contributed by atoms with Gasteiger partial charge in [-0.15, -0.1) is 0 Å². The molecule has 3 heteroatoms. The van der Waals surface area contributed by atoms with Crippen molar-refractivity contribution in [2.24, 2.45) is 0 Å². The molecular formula is C30H30O2S. The van der Waals surface area contributed by atoms with Crippen LogP contribution in [0.3, 0.4) is 0 Å². The monoisotopic (exact) mass is 454 g/mol. The van der Waals surface area contributed by atoms with Crippen molar-refractivity contribution < 1.29 is 8.42 Å². The second-order valence-corrected chi connectivity index (χ2v) is 11.1. The molecule has 33 heavy (non-hydrogen) atoms. The molecule has 0 radical (unpaired) electrons. The minimum absolute atomic E-state index is 0.486. The maximum Gasteiger partial charge on any atom is 0.157 e. The average Bonchev–Trinajstić information content (AvgIpc) is 2.86. The molecule has 4 aromatic rings. The summed E-state index contributed by atoms with van der Waals surface area (Å²) in [6.45, 7) is 0. The van der Waals surface area contributed by atoms with Gasteiger partial charge in [-0.2, -0.15) is 0 Å². The number of benzene rings is 4. The van der Waals surface area contributed by atoms with Crippen molar-refractivity contribution in [1.82, 2.24) is 0 Å². The van der Waals surface area contributed by atoms with Gasteiger partial charge < -0.3 is 0 Å². The van der Waals surface area contributed by atoms with Gasteiger partial charge in [-0.3, -0.25) is 0 Å². The van der Waals surface area contributed by atoms with Crippen LogP contribution >= 0.6 is 0 Å². The standard InChI is InChI=1S/C30H30O2S/c31-33(32,29(21-25-13-5-1-6-14-25)22-26-15-7-2-8-16-26)30(23-27-17-9-3-10-18-27)24-28-19-11-4-12-20-28/h1-20,29-30H,21-24H2. The molecule has 0 spiro atoms. The lowest BCUT2D eigenvalue weighted by Crippen LogP contribution is -2.38. The van der Waals surface area contributed by atoms with Crippen LogP contribution in [-0.4, -0.2) is 18.9 Å². The summed E-state index contributed by atoms with van der Waals surface area (Å²) in [5.41, 5.74) is 4.22. The summed E-state index contributed by atoms with van der Waals surface area (Å²) in [5.74, 6) is 0. The molecule has 2 nitrogen and oxygen atoms in total. The zero-order valence-corrected chi connectivity index (χ0v) is 19.6. The number of sulfone groups is 1. The molecule has 0 fully saturated rings. The highest BCUT2D eigenvalue weighted by molar-refractivity contribution is 7.92. The van der Waals surface area contributed by atoms with Gasteiger partial charge in [0, 0.05) is 0 Å². The Morgan fingerprint density at radius 3 is 0.818 bits per heavy atom. The molecule has 0 aliphatic rings. The van der Waals surface area contributed by atoms with Crippen LogP contribution in [-0.2, 0) is 35.5 Å². The van der Waals surface area contributed by atoms with Crippen molar-refractivity contribution in [2.45, 2.75) is 36.2 Å². The van der Waals surface area contributed by atoms with Gasteiger partial charge in [0.25, 0.3) is 0 Å². The molecule has 0 aliphatic carbocycles. The third kappa shape index (κ3) is 6.43. The van der Waals surface area contributed by atoms with Gasteiger partial charge in [0.15, 0.2) is 9.84 Å². The highest BCUT2D eigenvalue weighted by Gasteiger charge is 2.34. The van der Waals surface area contributed by atoms with Crippen LogP contribution in [0.2, 0.25) is 0 Å². The summed E-state index contributed by atoms with van der Waals surface area (Å²) in [5, 5.41) is -0.973. The third-order valence-electron chi connectivity index (χ3n) is 6.15. The van der Waals surface area contributed by atoms with Crippen molar-refractivity contribution in [2.75, 3.05) is 0 Å². The first kappa shape index (κ1) is 23.0. The quantitative estimate of drug-likeness (QED) is 0.290. The Kier molecular flexibility index (Phi) is 7.74. The van der Waals surface area contributed by atoms with Crippen LogP contribution in [0.25, 0.3) is 0 Å². The largest absolute Gasteiger partial charge is 0.228 e. The van der Waals surface area contributed by atoms with Gasteiger partial charge in [0.1, 0.15) is 0 Å². The smallest absolute Gasteiger partial charge is 0.157 e. The van der Waals surface area contributed by atoms with Gasteiger partial charge in [0.2, 0.25) is 0 Å². The van der Waals surface area contributed by atoms with Crippen molar-refractivity contribution in [1.29, 1.82) is 0 Å². The van der Waals surface area contributed by atoms with E-state index in [-0.39, 0.29) is 0 Å². The fourth-order valence-electron chi connectivity index (χ4n) is 4.39. The molecule has 0 bridgehead atoms. The molecule has 0 aromatic heterocycles. The van der Waals surface area contributed by atoms with Crippen LogP contribution in [0.4, 0.5) is 0 Å². The van der Waals surface area contributed by atoms with E-state index in [0.717, 1.165) is 22.3 Å². The molecule has 0 amide bonds. The van der Waals surface area contributed by atoms with E-state index in [4.69, 9.17) is 0 Å². The Morgan fingerprint density at radius 1 is 0.394 bits per heavy atom. The molecule has 4 rings (SSSR count). The molecule has 0 N–H and O–H groups in total. The summed E-state index contributed by atoms with van der Waals surface area (Å²) < 4.78 is 28.5. The number of hydrogen-bond acceptors (Lipinski definition) is 2. The highest BCUT2D eigenvalue weighted by atomic mass is 32.2. The van der Waals surface area contributed by atoms with Gasteiger partial charge in [-0.1, -0.05) is 121 Å². The van der Waals surface area contributed by atoms with Crippen LogP contribution < -0.4 is 0 Å². The van der Waals surface area contributed by atoms with Crippen LogP contribution in [0.15, 0.2) is 121 Å². The average molecular weight is 455 g/mol. The van der Waals surface area contributed by atoms with E-state index >= 15 is 0 Å². The van der Waals surface area contributed by atoms with E-state index in [1.807, 2.05) is 121 Å². The molecule has 0 unspecified atom stereocenters. The fourth-order valence-corrected chi connectivity index (χ4v) is 6.63. The van der Waals surface area contributed by atoms with Crippen LogP contribution in [0, 0.1) is 0 Å². The number of rotatable bonds is 10. The summed E-state index contributed by atoms with van der Waals surface area (Å²) >= 11 is 0. The minimum Gasteiger partial charge on any atom is -0.228 e. The Balaban J connectivity index is 1.69. The first-order valence-electron chi connectivity index (χ1n) is 11.5. The summed E-state index contributed by atoms with van der Waals surface area (Å²) in [6.07, 6.45) is 2.05. The third-order valence-corrected chi connectivity index (χ3v) is 8.68. The molecule has 0 heterocycles. The van der Waals surface area contributed by atoms with Crippen LogP contribution in [0.1, 0.15) is 22.3 Å². The molecule has 0 saturated heterocycles. The minimum atomic E-state index is -3.46. The van der Waals surface area contributed by atoms with E-state index in [0.29, 0.717) is 25.7 Å². The van der Waals surface area contributed by atoms with Crippen molar-refractivity contribution in [3.63, 3.8) is 0 Å². The predicted octanol–water partition coefficient (Wildman–Crippen LogP) is 6.11. The maximum absolute atomic E-state index is 14.2. The lowest BCUT2D eigenvalue weighted by molar-refractivity contribution is 0.556. The van der Waals surface area contributed by atoms with Crippen molar-refractivity contribution in [3.05, 3.63) is 144 Å². The maximum atomic E-state index is 14.2. The molecule has 0 atom stereocenters. The van der Waals surface area contributed by atoms with E-state index in [1.54, 1.807) is 0 Å². The second-order valence-electron chi connectivity index (χ2n) is 8.59. The molecular weight excluding hydrogens is 424 g/mol. The first-order chi connectivity index (χ1) is 16.1. The highest BCUT2D eigenvalue weighted by Crippen LogP contribution is 2.25. The lowest BCUT2D eigenvalue weighted by atomic mass is 10.0. The molecule has 168 valence electrons. The van der Waals surface area contributed by atoms with Crippen molar-refractivity contribution >= 4 is 9.84 Å². The zero-order chi connectivity index (χ0) is 22.9. The van der Waals surface area contributed by atoms with Gasteiger partial charge >= 0.3 is 0 Å². The topological polar surface area (TPSA) is 34.1 Å². The van der Waals surface area contributed by atoms with Crippen molar-refractivity contribution in [3.8, 4) is 0 Å². The van der Waals surface area contributed by atoms with E-state index in [1.165, 1.54) is 0 Å². The first-order valence-corrected chi connectivity index (χ1v) is 13.1. The Labute approximate surface area is 197 Å². The van der Waals surface area contributed by atoms with E-state index in [2.05, 4.69) is 0 Å². The number of hydrogen-bond donors (Lipinski definition) is 0. The Morgan fingerprint density at radius 2 is 0.606 bits per heavy atom. The normalized spacial score (nSPS) is 11.7. The van der Waals surface area contributed by atoms with Gasteiger partial charge in [0.05, 0.1) is 10.5 Å². The summed E-state index contributed by atoms with van der Waals surface area (Å²) in [6, 6.07) is 39.9. The van der Waals surface area contributed by atoms with Gasteiger partial charge in [-0.25, -0.2) is 8.42 Å². The van der Waals surface area contributed by atoms with E-state index < -0.39 is 20.3 Å². The molecule has 4 aromatic carbocycles. The summed E-state index contributed by atoms with van der Waals surface area (Å²) in [4.78, 5) is 0. The summed E-state index contributed by atoms with van der Waals surface area (Å²) in [7, 11) is -3.46. The molecule has 0 aliphatic heterocycles. The zero-order valence-electron chi connectivity index (χ0n) is 18.8. The van der Waals surface area contributed by atoms with Gasteiger partial charge in [-0.05, 0) is 47.9 Å². The second kappa shape index (κ2) is 11.1. The lowest BCUT2D eigenvalue weighted by Gasteiger charge is -2.25. The fraction of sp³-hybridized carbons (Fsp3) is 0.200. The molecule has 0 saturated carbocycles. The predicted molar refractivity (Wildman–Crippen MR) is 137 cm³/mol. The Bertz CT molecular complexity index is 1030. The Hall–Kier alpha value is -3.17. The SMILES string of the molecule is O=S(=O)(C(Cc1ccccc1)Cc1ccccc1)C(Cc1ccccc1)Cc1ccccc1.